The van der Waals surface area contributed by atoms with Gasteiger partial charge in [0.05, 0.1) is 12.7 Å². The molecule has 0 heterocycles. The van der Waals surface area contributed by atoms with E-state index in [0.29, 0.717) is 17.7 Å². The molecule has 0 aromatic heterocycles. The van der Waals surface area contributed by atoms with Crippen LogP contribution in [0.2, 0.25) is 0 Å². The highest BCUT2D eigenvalue weighted by molar-refractivity contribution is 9.10. The molecule has 2 aromatic rings. The molecule has 98 valence electrons. The Morgan fingerprint density at radius 1 is 1.26 bits per heavy atom. The summed E-state index contributed by atoms with van der Waals surface area (Å²) >= 11 is 3.39. The van der Waals surface area contributed by atoms with Gasteiger partial charge in [0.2, 0.25) is 0 Å². The number of hydrogen-bond acceptors (Lipinski definition) is 2. The molecule has 4 heteroatoms. The zero-order valence-electron chi connectivity index (χ0n) is 10.5. The van der Waals surface area contributed by atoms with E-state index in [2.05, 4.69) is 15.9 Å². The molecule has 0 fully saturated rings. The lowest BCUT2D eigenvalue weighted by atomic mass is 10.0. The molecule has 2 aromatic carbocycles. The van der Waals surface area contributed by atoms with Gasteiger partial charge in [0.25, 0.3) is 5.91 Å². The lowest BCUT2D eigenvalue weighted by Gasteiger charge is -2.13. The lowest BCUT2D eigenvalue weighted by Crippen LogP contribution is -2.13. The topological polar surface area (TPSA) is 52.3 Å². The van der Waals surface area contributed by atoms with Crippen LogP contribution in [0.25, 0.3) is 0 Å². The Hall–Kier alpha value is -1.81. The van der Waals surface area contributed by atoms with Gasteiger partial charge in [0.1, 0.15) is 5.75 Å². The molecule has 1 amide bonds. The summed E-state index contributed by atoms with van der Waals surface area (Å²) in [7, 11) is 1.55. The van der Waals surface area contributed by atoms with Crippen molar-refractivity contribution in [2.45, 2.75) is 6.42 Å². The number of amides is 1. The molecule has 0 unspecified atom stereocenters. The van der Waals surface area contributed by atoms with Crippen molar-refractivity contribution >= 4 is 21.8 Å². The third-order valence-corrected chi connectivity index (χ3v) is 3.30. The molecule has 0 saturated carbocycles. The number of hydrogen-bond donors (Lipinski definition) is 1. The van der Waals surface area contributed by atoms with E-state index in [0.717, 1.165) is 15.6 Å². The molecule has 0 aliphatic heterocycles. The van der Waals surface area contributed by atoms with Crippen LogP contribution < -0.4 is 10.5 Å². The summed E-state index contributed by atoms with van der Waals surface area (Å²) in [6, 6.07) is 13.6. The molecule has 3 nitrogen and oxygen atoms in total. The Labute approximate surface area is 120 Å². The maximum absolute atomic E-state index is 11.5. The van der Waals surface area contributed by atoms with Gasteiger partial charge in [-0.25, -0.2) is 0 Å². The Morgan fingerprint density at radius 2 is 1.95 bits per heavy atom. The monoisotopic (exact) mass is 319 g/mol. The predicted molar refractivity (Wildman–Crippen MR) is 78.5 cm³/mol. The van der Waals surface area contributed by atoms with Crippen molar-refractivity contribution in [3.63, 3.8) is 0 Å². The quantitative estimate of drug-likeness (QED) is 0.941. The fourth-order valence-corrected chi connectivity index (χ4v) is 2.53. The fourth-order valence-electron chi connectivity index (χ4n) is 2.02. The predicted octanol–water partition coefficient (Wildman–Crippen LogP) is 3.15. The van der Waals surface area contributed by atoms with Crippen LogP contribution in [0.15, 0.2) is 46.9 Å². The van der Waals surface area contributed by atoms with E-state index in [4.69, 9.17) is 10.5 Å². The number of rotatable bonds is 4. The highest BCUT2D eigenvalue weighted by Crippen LogP contribution is 2.30. The Bertz CT molecular complexity index is 597. The minimum Gasteiger partial charge on any atom is -0.496 e. The van der Waals surface area contributed by atoms with Gasteiger partial charge in [-0.1, -0.05) is 46.3 Å². The Kier molecular flexibility index (Phi) is 4.22. The minimum atomic E-state index is -0.493. The summed E-state index contributed by atoms with van der Waals surface area (Å²) in [5, 5.41) is 0. The van der Waals surface area contributed by atoms with Crippen molar-refractivity contribution < 1.29 is 9.53 Å². The van der Waals surface area contributed by atoms with Gasteiger partial charge in [-0.2, -0.15) is 0 Å². The number of ether oxygens (including phenoxy) is 1. The number of carbonyl (C=O) groups excluding carboxylic acids is 1. The van der Waals surface area contributed by atoms with Crippen molar-refractivity contribution in [3.05, 3.63) is 63.6 Å². The molecule has 19 heavy (non-hydrogen) atoms. The Balaban J connectivity index is 2.47. The van der Waals surface area contributed by atoms with Crippen LogP contribution >= 0.6 is 15.9 Å². The van der Waals surface area contributed by atoms with Gasteiger partial charge < -0.3 is 10.5 Å². The van der Waals surface area contributed by atoms with E-state index in [-0.39, 0.29) is 0 Å². The number of benzene rings is 2. The van der Waals surface area contributed by atoms with Crippen LogP contribution in [0.4, 0.5) is 0 Å². The smallest absolute Gasteiger partial charge is 0.252 e. The van der Waals surface area contributed by atoms with E-state index in [1.54, 1.807) is 13.2 Å². The second-order valence-electron chi connectivity index (χ2n) is 4.17. The summed E-state index contributed by atoms with van der Waals surface area (Å²) < 4.78 is 6.16. The van der Waals surface area contributed by atoms with E-state index in [9.17, 15) is 4.79 Å². The largest absolute Gasteiger partial charge is 0.496 e. The zero-order valence-corrected chi connectivity index (χ0v) is 12.1. The molecular formula is C15H14BrNO2. The summed E-state index contributed by atoms with van der Waals surface area (Å²) in [5.74, 6) is 0.0482. The molecule has 0 radical (unpaired) electrons. The molecule has 2 rings (SSSR count). The minimum absolute atomic E-state index is 0.391. The van der Waals surface area contributed by atoms with E-state index < -0.39 is 5.91 Å². The van der Waals surface area contributed by atoms with Gasteiger partial charge in [0, 0.05) is 16.5 Å². The summed E-state index contributed by atoms with van der Waals surface area (Å²) in [6.45, 7) is 0. The summed E-state index contributed by atoms with van der Waals surface area (Å²) in [5.41, 5.74) is 7.85. The third-order valence-electron chi connectivity index (χ3n) is 2.84. The highest BCUT2D eigenvalue weighted by Gasteiger charge is 2.15. The van der Waals surface area contributed by atoms with E-state index in [1.165, 1.54) is 0 Å². The second-order valence-corrected chi connectivity index (χ2v) is 5.09. The van der Waals surface area contributed by atoms with Crippen molar-refractivity contribution in [2.24, 2.45) is 5.73 Å². The molecule has 0 saturated heterocycles. The number of methoxy groups -OCH3 is 1. The van der Waals surface area contributed by atoms with Crippen LogP contribution in [-0.4, -0.2) is 13.0 Å². The van der Waals surface area contributed by atoms with Crippen LogP contribution in [0.5, 0.6) is 5.75 Å². The Morgan fingerprint density at radius 3 is 2.53 bits per heavy atom. The standard InChI is InChI=1S/C15H14BrNO2/c1-19-14-11(7-10-5-3-2-4-6-10)8-12(16)9-13(14)15(17)18/h2-6,8-9H,7H2,1H3,(H2,17,18). The highest BCUT2D eigenvalue weighted by atomic mass is 79.9. The average molecular weight is 320 g/mol. The average Bonchev–Trinajstić information content (AvgIpc) is 2.39. The maximum atomic E-state index is 11.5. The van der Waals surface area contributed by atoms with Crippen LogP contribution in [0, 0.1) is 0 Å². The first-order valence-electron chi connectivity index (χ1n) is 5.82. The third kappa shape index (κ3) is 3.15. The second kappa shape index (κ2) is 5.89. The van der Waals surface area contributed by atoms with Crippen LogP contribution in [0.3, 0.4) is 0 Å². The molecule has 0 atom stereocenters. The number of halogens is 1. The van der Waals surface area contributed by atoms with E-state index >= 15 is 0 Å². The number of carbonyl (C=O) groups is 1. The summed E-state index contributed by atoms with van der Waals surface area (Å²) in [6.07, 6.45) is 0.684. The fraction of sp³-hybridized carbons (Fsp3) is 0.133. The maximum Gasteiger partial charge on any atom is 0.252 e. The van der Waals surface area contributed by atoms with Crippen molar-refractivity contribution in [2.75, 3.05) is 7.11 Å². The number of primary amides is 1. The van der Waals surface area contributed by atoms with Gasteiger partial charge in [0.15, 0.2) is 0 Å². The normalized spacial score (nSPS) is 10.2. The molecule has 0 spiro atoms. The van der Waals surface area contributed by atoms with Gasteiger partial charge in [-0.3, -0.25) is 4.79 Å². The van der Waals surface area contributed by atoms with Gasteiger partial charge >= 0.3 is 0 Å². The van der Waals surface area contributed by atoms with Gasteiger partial charge in [-0.15, -0.1) is 0 Å². The molecule has 0 aliphatic carbocycles. The number of nitrogens with two attached hydrogens (primary N) is 1. The lowest BCUT2D eigenvalue weighted by molar-refractivity contribution is 0.0997. The van der Waals surface area contributed by atoms with Crippen LogP contribution in [-0.2, 0) is 6.42 Å². The molecule has 0 aliphatic rings. The molecule has 2 N–H and O–H groups in total. The van der Waals surface area contributed by atoms with Crippen LogP contribution in [0.1, 0.15) is 21.5 Å². The zero-order chi connectivity index (χ0) is 13.8. The SMILES string of the molecule is COc1c(Cc2ccccc2)cc(Br)cc1C(N)=O. The first-order chi connectivity index (χ1) is 9.11. The van der Waals surface area contributed by atoms with Crippen molar-refractivity contribution in [1.82, 2.24) is 0 Å². The molecule has 0 bridgehead atoms. The van der Waals surface area contributed by atoms with E-state index in [1.807, 2.05) is 36.4 Å². The van der Waals surface area contributed by atoms with Gasteiger partial charge in [-0.05, 0) is 17.7 Å². The van der Waals surface area contributed by atoms with Crippen molar-refractivity contribution in [1.29, 1.82) is 0 Å². The molecular weight excluding hydrogens is 306 g/mol. The first kappa shape index (κ1) is 13.6. The first-order valence-corrected chi connectivity index (χ1v) is 6.61. The van der Waals surface area contributed by atoms with Crippen molar-refractivity contribution in [3.8, 4) is 5.75 Å². The summed E-state index contributed by atoms with van der Waals surface area (Å²) in [4.78, 5) is 11.5.